The van der Waals surface area contributed by atoms with Crippen LogP contribution in [0.1, 0.15) is 5.69 Å². The largest absolute Gasteiger partial charge is 0.383 e. The van der Waals surface area contributed by atoms with Gasteiger partial charge in [0.15, 0.2) is 11.6 Å². The summed E-state index contributed by atoms with van der Waals surface area (Å²) in [6.45, 7) is 2.32. The van der Waals surface area contributed by atoms with E-state index in [1.165, 1.54) is 6.33 Å². The lowest BCUT2D eigenvalue weighted by Gasteiger charge is -2.16. The van der Waals surface area contributed by atoms with Gasteiger partial charge in [0.2, 0.25) is 0 Å². The van der Waals surface area contributed by atoms with Gasteiger partial charge in [-0.3, -0.25) is 0 Å². The Kier molecular flexibility index (Phi) is 4.38. The van der Waals surface area contributed by atoms with Crippen LogP contribution in [0.2, 0.25) is 0 Å². The standard InChI is InChI=1S/C9H15FN4O/c1-6-8(10)9(13-5-12-6)14-7(3-11)4-15-2/h5,7H,3-4,11H2,1-2H3,(H,12,13,14). The number of hydrogen-bond donors (Lipinski definition) is 2. The zero-order valence-electron chi connectivity index (χ0n) is 8.83. The van der Waals surface area contributed by atoms with Gasteiger partial charge in [0.05, 0.1) is 18.3 Å². The van der Waals surface area contributed by atoms with Crippen molar-refractivity contribution in [2.75, 3.05) is 25.6 Å². The lowest BCUT2D eigenvalue weighted by molar-refractivity contribution is 0.187. The van der Waals surface area contributed by atoms with Gasteiger partial charge in [-0.25, -0.2) is 14.4 Å². The molecular weight excluding hydrogens is 199 g/mol. The Morgan fingerprint density at radius 2 is 2.33 bits per heavy atom. The number of ether oxygens (including phenoxy) is 1. The van der Waals surface area contributed by atoms with Crippen LogP contribution in [0.25, 0.3) is 0 Å². The first-order valence-electron chi connectivity index (χ1n) is 4.61. The molecule has 0 saturated carbocycles. The maximum atomic E-state index is 13.5. The molecule has 0 fully saturated rings. The van der Waals surface area contributed by atoms with Gasteiger partial charge in [-0.1, -0.05) is 0 Å². The molecule has 1 unspecified atom stereocenters. The Balaban J connectivity index is 2.74. The van der Waals surface area contributed by atoms with Gasteiger partial charge in [-0.2, -0.15) is 0 Å². The fourth-order valence-electron chi connectivity index (χ4n) is 1.12. The molecule has 1 heterocycles. The van der Waals surface area contributed by atoms with E-state index in [1.54, 1.807) is 14.0 Å². The minimum Gasteiger partial charge on any atom is -0.383 e. The zero-order valence-corrected chi connectivity index (χ0v) is 8.83. The molecule has 0 aliphatic carbocycles. The molecule has 0 saturated heterocycles. The van der Waals surface area contributed by atoms with Gasteiger partial charge in [0.1, 0.15) is 6.33 Å². The van der Waals surface area contributed by atoms with Crippen molar-refractivity contribution in [1.82, 2.24) is 9.97 Å². The average Bonchev–Trinajstić information content (AvgIpc) is 2.24. The summed E-state index contributed by atoms with van der Waals surface area (Å²) in [5.41, 5.74) is 5.79. The van der Waals surface area contributed by atoms with E-state index in [9.17, 15) is 4.39 Å². The molecule has 1 aromatic rings. The molecule has 15 heavy (non-hydrogen) atoms. The maximum Gasteiger partial charge on any atom is 0.186 e. The monoisotopic (exact) mass is 214 g/mol. The van der Waals surface area contributed by atoms with Crippen molar-refractivity contribution in [1.29, 1.82) is 0 Å². The Morgan fingerprint density at radius 3 is 2.93 bits per heavy atom. The SMILES string of the molecule is COCC(CN)Nc1ncnc(C)c1F. The molecule has 0 spiro atoms. The highest BCUT2D eigenvalue weighted by molar-refractivity contribution is 5.38. The van der Waals surface area contributed by atoms with Crippen LogP contribution in [0.3, 0.4) is 0 Å². The number of rotatable bonds is 5. The first-order chi connectivity index (χ1) is 7.19. The first-order valence-corrected chi connectivity index (χ1v) is 4.61. The summed E-state index contributed by atoms with van der Waals surface area (Å²) < 4.78 is 18.4. The predicted octanol–water partition coefficient (Wildman–Crippen LogP) is 0.310. The third-order valence-corrected chi connectivity index (χ3v) is 1.96. The van der Waals surface area contributed by atoms with E-state index >= 15 is 0 Å². The second-order valence-electron chi connectivity index (χ2n) is 3.15. The van der Waals surface area contributed by atoms with Crippen LogP contribution in [-0.2, 0) is 4.74 Å². The lowest BCUT2D eigenvalue weighted by Crippen LogP contribution is -2.33. The quantitative estimate of drug-likeness (QED) is 0.738. The second-order valence-corrected chi connectivity index (χ2v) is 3.15. The third kappa shape index (κ3) is 3.10. The fraction of sp³-hybridized carbons (Fsp3) is 0.556. The molecule has 0 radical (unpaired) electrons. The van der Waals surface area contributed by atoms with Gasteiger partial charge in [0, 0.05) is 13.7 Å². The van der Waals surface area contributed by atoms with E-state index in [4.69, 9.17) is 10.5 Å². The normalized spacial score (nSPS) is 12.5. The van der Waals surface area contributed by atoms with E-state index in [2.05, 4.69) is 15.3 Å². The van der Waals surface area contributed by atoms with Gasteiger partial charge in [-0.15, -0.1) is 0 Å². The molecule has 5 nitrogen and oxygen atoms in total. The van der Waals surface area contributed by atoms with Crippen molar-refractivity contribution in [3.63, 3.8) is 0 Å². The Bertz CT molecular complexity index is 321. The number of nitrogens with two attached hydrogens (primary N) is 1. The minimum absolute atomic E-state index is 0.154. The van der Waals surface area contributed by atoms with E-state index in [0.29, 0.717) is 18.8 Å². The number of anilines is 1. The molecule has 0 aliphatic heterocycles. The Morgan fingerprint density at radius 1 is 1.60 bits per heavy atom. The number of methoxy groups -OCH3 is 1. The smallest absolute Gasteiger partial charge is 0.186 e. The fourth-order valence-corrected chi connectivity index (χ4v) is 1.12. The van der Waals surface area contributed by atoms with Crippen molar-refractivity contribution in [2.45, 2.75) is 13.0 Å². The van der Waals surface area contributed by atoms with E-state index in [-0.39, 0.29) is 11.9 Å². The minimum atomic E-state index is -0.452. The molecule has 0 bridgehead atoms. The Hall–Kier alpha value is -1.27. The molecule has 0 aromatic carbocycles. The number of halogens is 1. The van der Waals surface area contributed by atoms with Crippen LogP contribution >= 0.6 is 0 Å². The van der Waals surface area contributed by atoms with Crippen molar-refractivity contribution in [3.05, 3.63) is 17.8 Å². The van der Waals surface area contributed by atoms with Crippen molar-refractivity contribution < 1.29 is 9.13 Å². The van der Waals surface area contributed by atoms with Crippen LogP contribution in [0.4, 0.5) is 10.2 Å². The summed E-state index contributed by atoms with van der Waals surface area (Å²) in [4.78, 5) is 7.53. The highest BCUT2D eigenvalue weighted by atomic mass is 19.1. The highest BCUT2D eigenvalue weighted by Gasteiger charge is 2.12. The van der Waals surface area contributed by atoms with Crippen LogP contribution < -0.4 is 11.1 Å². The first kappa shape index (κ1) is 11.8. The summed E-state index contributed by atoms with van der Waals surface area (Å²) in [5, 5.41) is 2.86. The van der Waals surface area contributed by atoms with Gasteiger partial charge >= 0.3 is 0 Å². The summed E-state index contributed by atoms with van der Waals surface area (Å²) in [7, 11) is 1.56. The summed E-state index contributed by atoms with van der Waals surface area (Å²) in [6.07, 6.45) is 1.31. The van der Waals surface area contributed by atoms with Crippen LogP contribution in [0.15, 0.2) is 6.33 Å². The molecule has 6 heteroatoms. The molecular formula is C9H15FN4O. The number of aryl methyl sites for hydroxylation is 1. The van der Waals surface area contributed by atoms with E-state index in [1.807, 2.05) is 0 Å². The summed E-state index contributed by atoms with van der Waals surface area (Å²) in [6, 6.07) is -0.154. The summed E-state index contributed by atoms with van der Waals surface area (Å²) >= 11 is 0. The second kappa shape index (κ2) is 5.57. The van der Waals surface area contributed by atoms with Crippen LogP contribution in [0, 0.1) is 12.7 Å². The van der Waals surface area contributed by atoms with E-state index in [0.717, 1.165) is 0 Å². The Labute approximate surface area is 87.9 Å². The van der Waals surface area contributed by atoms with Crippen molar-refractivity contribution in [2.24, 2.45) is 5.73 Å². The molecule has 1 atom stereocenters. The maximum absolute atomic E-state index is 13.5. The van der Waals surface area contributed by atoms with Crippen molar-refractivity contribution in [3.8, 4) is 0 Å². The lowest BCUT2D eigenvalue weighted by atomic mass is 10.3. The molecule has 0 aliphatic rings. The van der Waals surface area contributed by atoms with Gasteiger partial charge in [0.25, 0.3) is 0 Å². The molecule has 1 aromatic heterocycles. The summed E-state index contributed by atoms with van der Waals surface area (Å²) in [5.74, 6) is -0.290. The average molecular weight is 214 g/mol. The van der Waals surface area contributed by atoms with Gasteiger partial charge in [-0.05, 0) is 6.92 Å². The number of nitrogens with one attached hydrogen (secondary N) is 1. The van der Waals surface area contributed by atoms with Crippen LogP contribution in [-0.4, -0.2) is 36.3 Å². The zero-order chi connectivity index (χ0) is 11.3. The predicted molar refractivity (Wildman–Crippen MR) is 55.1 cm³/mol. The topological polar surface area (TPSA) is 73.1 Å². The van der Waals surface area contributed by atoms with Crippen molar-refractivity contribution >= 4 is 5.82 Å². The number of aromatic nitrogens is 2. The highest BCUT2D eigenvalue weighted by Crippen LogP contribution is 2.12. The van der Waals surface area contributed by atoms with E-state index < -0.39 is 5.82 Å². The molecule has 1 rings (SSSR count). The molecule has 0 amide bonds. The number of hydrogen-bond acceptors (Lipinski definition) is 5. The third-order valence-electron chi connectivity index (χ3n) is 1.96. The number of nitrogens with zero attached hydrogens (tertiary/aromatic N) is 2. The molecule has 84 valence electrons. The molecule has 3 N–H and O–H groups in total. The van der Waals surface area contributed by atoms with Gasteiger partial charge < -0.3 is 15.8 Å². The van der Waals surface area contributed by atoms with Crippen LogP contribution in [0.5, 0.6) is 0 Å².